The van der Waals surface area contributed by atoms with E-state index in [1.54, 1.807) is 0 Å². The van der Waals surface area contributed by atoms with Gasteiger partial charge >= 0.3 is 0 Å². The molecule has 100 valence electrons. The molecule has 2 heteroatoms. The van der Waals surface area contributed by atoms with Crippen LogP contribution in [0.25, 0.3) is 0 Å². The molecular weight excluding hydrogens is 222 g/mol. The first kappa shape index (κ1) is 13.6. The fraction of sp³-hybridized carbons (Fsp3) is 0.625. The van der Waals surface area contributed by atoms with Gasteiger partial charge in [-0.3, -0.25) is 0 Å². The first-order valence-electron chi connectivity index (χ1n) is 7.07. The minimum atomic E-state index is -0.628. The zero-order valence-electron chi connectivity index (χ0n) is 11.8. The lowest BCUT2D eigenvalue weighted by Gasteiger charge is -2.41. The molecule has 1 aliphatic heterocycles. The van der Waals surface area contributed by atoms with Crippen LogP contribution in [0.15, 0.2) is 24.3 Å². The highest BCUT2D eigenvalue weighted by Gasteiger charge is 2.36. The topological polar surface area (TPSA) is 23.5 Å². The summed E-state index contributed by atoms with van der Waals surface area (Å²) in [4.78, 5) is 2.32. The molecule has 1 N–H and O–H groups in total. The Kier molecular flexibility index (Phi) is 4.08. The van der Waals surface area contributed by atoms with E-state index in [0.29, 0.717) is 6.04 Å². The molecule has 1 saturated heterocycles. The van der Waals surface area contributed by atoms with Crippen molar-refractivity contribution in [3.63, 3.8) is 0 Å². The third-order valence-electron chi connectivity index (χ3n) is 4.29. The van der Waals surface area contributed by atoms with E-state index in [4.69, 9.17) is 0 Å². The van der Waals surface area contributed by atoms with Crippen LogP contribution < -0.4 is 0 Å². The number of piperidine rings is 1. The van der Waals surface area contributed by atoms with Crippen LogP contribution in [0.1, 0.15) is 44.2 Å². The van der Waals surface area contributed by atoms with Crippen molar-refractivity contribution in [2.75, 3.05) is 13.6 Å². The number of aryl methyl sites for hydroxylation is 1. The molecule has 0 aromatic heterocycles. The summed E-state index contributed by atoms with van der Waals surface area (Å²) < 4.78 is 0. The summed E-state index contributed by atoms with van der Waals surface area (Å²) in [6.45, 7) is 5.35. The summed E-state index contributed by atoms with van der Waals surface area (Å²) in [5.41, 5.74) is 1.82. The third kappa shape index (κ3) is 2.76. The standard InChI is InChI=1S/C16H25NO/c1-4-5-14-6-8-15(9-7-14)16(18)10-11-17(3)13(2)12-16/h6-9,13,18H,4-5,10-12H2,1-3H3. The number of hydrogen-bond acceptors (Lipinski definition) is 2. The van der Waals surface area contributed by atoms with Gasteiger partial charge in [-0.05, 0) is 44.4 Å². The molecule has 0 spiro atoms. The molecule has 0 radical (unpaired) electrons. The highest BCUT2D eigenvalue weighted by molar-refractivity contribution is 5.28. The third-order valence-corrected chi connectivity index (χ3v) is 4.29. The Morgan fingerprint density at radius 3 is 2.56 bits per heavy atom. The van der Waals surface area contributed by atoms with Gasteiger partial charge < -0.3 is 10.0 Å². The van der Waals surface area contributed by atoms with Crippen molar-refractivity contribution in [2.24, 2.45) is 0 Å². The summed E-state index contributed by atoms with van der Waals surface area (Å²) in [6.07, 6.45) is 3.96. The predicted octanol–water partition coefficient (Wildman–Crippen LogP) is 2.94. The highest BCUT2D eigenvalue weighted by atomic mass is 16.3. The Morgan fingerprint density at radius 2 is 2.00 bits per heavy atom. The van der Waals surface area contributed by atoms with Gasteiger partial charge in [-0.1, -0.05) is 37.6 Å². The van der Waals surface area contributed by atoms with E-state index >= 15 is 0 Å². The molecule has 0 aliphatic carbocycles. The summed E-state index contributed by atoms with van der Waals surface area (Å²) in [5.74, 6) is 0. The quantitative estimate of drug-likeness (QED) is 0.887. The maximum atomic E-state index is 10.8. The summed E-state index contributed by atoms with van der Waals surface area (Å²) in [6, 6.07) is 9.00. The lowest BCUT2D eigenvalue weighted by molar-refractivity contribution is -0.0408. The average Bonchev–Trinajstić information content (AvgIpc) is 2.36. The van der Waals surface area contributed by atoms with E-state index in [1.165, 1.54) is 12.0 Å². The first-order valence-corrected chi connectivity index (χ1v) is 7.07. The lowest BCUT2D eigenvalue weighted by atomic mass is 9.81. The van der Waals surface area contributed by atoms with Crippen LogP contribution >= 0.6 is 0 Å². The van der Waals surface area contributed by atoms with Gasteiger partial charge in [0.25, 0.3) is 0 Å². The molecular formula is C16H25NO. The van der Waals surface area contributed by atoms with Crippen LogP contribution in [0, 0.1) is 0 Å². The second kappa shape index (κ2) is 5.41. The van der Waals surface area contributed by atoms with Crippen LogP contribution in [0.4, 0.5) is 0 Å². The largest absolute Gasteiger partial charge is 0.385 e. The summed E-state index contributed by atoms with van der Waals surface area (Å²) in [5, 5.41) is 10.8. The molecule has 2 rings (SSSR count). The van der Waals surface area contributed by atoms with E-state index in [2.05, 4.69) is 50.1 Å². The molecule has 1 heterocycles. The number of benzene rings is 1. The van der Waals surface area contributed by atoms with Crippen LogP contribution in [0.2, 0.25) is 0 Å². The van der Waals surface area contributed by atoms with Gasteiger partial charge in [0, 0.05) is 12.6 Å². The van der Waals surface area contributed by atoms with Crippen LogP contribution in [-0.2, 0) is 12.0 Å². The molecule has 18 heavy (non-hydrogen) atoms. The molecule has 1 aromatic carbocycles. The minimum Gasteiger partial charge on any atom is -0.385 e. The van der Waals surface area contributed by atoms with E-state index < -0.39 is 5.60 Å². The van der Waals surface area contributed by atoms with Gasteiger partial charge in [-0.15, -0.1) is 0 Å². The first-order chi connectivity index (χ1) is 8.55. The Bertz CT molecular complexity index is 387. The molecule has 2 atom stereocenters. The van der Waals surface area contributed by atoms with Crippen molar-refractivity contribution in [2.45, 2.75) is 51.2 Å². The van der Waals surface area contributed by atoms with Crippen molar-refractivity contribution in [1.29, 1.82) is 0 Å². The average molecular weight is 247 g/mol. The van der Waals surface area contributed by atoms with Gasteiger partial charge in [-0.25, -0.2) is 0 Å². The molecule has 0 saturated carbocycles. The minimum absolute atomic E-state index is 0.444. The molecule has 2 nitrogen and oxygen atoms in total. The van der Waals surface area contributed by atoms with Gasteiger partial charge in [0.15, 0.2) is 0 Å². The molecule has 2 unspecified atom stereocenters. The number of rotatable bonds is 3. The van der Waals surface area contributed by atoms with E-state index in [1.807, 2.05) is 0 Å². The zero-order valence-corrected chi connectivity index (χ0v) is 11.8. The number of aliphatic hydroxyl groups is 1. The van der Waals surface area contributed by atoms with Crippen LogP contribution in [0.5, 0.6) is 0 Å². The van der Waals surface area contributed by atoms with Gasteiger partial charge in [-0.2, -0.15) is 0 Å². The second-order valence-corrected chi connectivity index (χ2v) is 5.76. The normalized spacial score (nSPS) is 29.4. The van der Waals surface area contributed by atoms with Crippen LogP contribution in [0.3, 0.4) is 0 Å². The Morgan fingerprint density at radius 1 is 1.33 bits per heavy atom. The molecule has 0 bridgehead atoms. The highest BCUT2D eigenvalue weighted by Crippen LogP contribution is 2.35. The molecule has 1 fully saturated rings. The maximum absolute atomic E-state index is 10.8. The Hall–Kier alpha value is -0.860. The van der Waals surface area contributed by atoms with Gasteiger partial charge in [0.1, 0.15) is 0 Å². The van der Waals surface area contributed by atoms with E-state index in [9.17, 15) is 5.11 Å². The van der Waals surface area contributed by atoms with E-state index in [0.717, 1.165) is 31.4 Å². The van der Waals surface area contributed by atoms with Crippen molar-refractivity contribution >= 4 is 0 Å². The maximum Gasteiger partial charge on any atom is 0.0923 e. The fourth-order valence-corrected chi connectivity index (χ4v) is 2.86. The Labute approximate surface area is 111 Å². The van der Waals surface area contributed by atoms with E-state index in [-0.39, 0.29) is 0 Å². The fourth-order valence-electron chi connectivity index (χ4n) is 2.86. The molecule has 1 aliphatic rings. The van der Waals surface area contributed by atoms with Crippen molar-refractivity contribution in [3.8, 4) is 0 Å². The van der Waals surface area contributed by atoms with Crippen LogP contribution in [-0.4, -0.2) is 29.6 Å². The van der Waals surface area contributed by atoms with Crippen molar-refractivity contribution in [3.05, 3.63) is 35.4 Å². The number of hydrogen-bond donors (Lipinski definition) is 1. The zero-order chi connectivity index (χ0) is 13.2. The van der Waals surface area contributed by atoms with Crippen molar-refractivity contribution < 1.29 is 5.11 Å². The number of likely N-dealkylation sites (tertiary alicyclic amines) is 1. The monoisotopic (exact) mass is 247 g/mol. The Balaban J connectivity index is 2.14. The predicted molar refractivity (Wildman–Crippen MR) is 75.7 cm³/mol. The van der Waals surface area contributed by atoms with Gasteiger partial charge in [0.2, 0.25) is 0 Å². The summed E-state index contributed by atoms with van der Waals surface area (Å²) in [7, 11) is 2.13. The van der Waals surface area contributed by atoms with Crippen molar-refractivity contribution in [1.82, 2.24) is 4.90 Å². The lowest BCUT2D eigenvalue weighted by Crippen LogP contribution is -2.45. The second-order valence-electron chi connectivity index (χ2n) is 5.76. The summed E-state index contributed by atoms with van der Waals surface area (Å²) >= 11 is 0. The smallest absolute Gasteiger partial charge is 0.0923 e. The molecule has 0 amide bonds. The molecule has 1 aromatic rings. The SMILES string of the molecule is CCCc1ccc(C2(O)CCN(C)C(C)C2)cc1. The van der Waals surface area contributed by atoms with Gasteiger partial charge in [0.05, 0.1) is 5.60 Å². The number of nitrogens with zero attached hydrogens (tertiary/aromatic N) is 1.